The minimum Gasteiger partial charge on any atom is -0.457 e. The van der Waals surface area contributed by atoms with Crippen molar-refractivity contribution in [1.82, 2.24) is 0 Å². The molecule has 8 nitrogen and oxygen atoms in total. The van der Waals surface area contributed by atoms with Crippen LogP contribution in [0.15, 0.2) is 24.3 Å². The van der Waals surface area contributed by atoms with Gasteiger partial charge in [0.05, 0.1) is 19.8 Å². The summed E-state index contributed by atoms with van der Waals surface area (Å²) in [6.45, 7) is 4.93. The number of rotatable bonds is 42. The summed E-state index contributed by atoms with van der Waals surface area (Å²) >= 11 is 0. The largest absolute Gasteiger partial charge is 0.472 e. The SMILES string of the molecule is CCCCCC/C=C\C/C=C\CCCCCCCCCC(=O)OC(COCCCCCCCCCCCCCCCCC)COP(=O)(O)OCCN. The highest BCUT2D eigenvalue weighted by Crippen LogP contribution is 2.43. The first-order valence-electron chi connectivity index (χ1n) is 21.8. The van der Waals surface area contributed by atoms with E-state index in [9.17, 15) is 14.3 Å². The number of carbonyl (C=O) groups is 1. The Morgan fingerprint density at radius 2 is 1.02 bits per heavy atom. The lowest BCUT2D eigenvalue weighted by Gasteiger charge is -2.20. The third-order valence-corrected chi connectivity index (χ3v) is 10.4. The van der Waals surface area contributed by atoms with Crippen LogP contribution in [0, 0.1) is 0 Å². The summed E-state index contributed by atoms with van der Waals surface area (Å²) in [5.41, 5.74) is 5.37. The normalized spacial score (nSPS) is 13.7. The molecule has 0 aromatic carbocycles. The molecule has 52 heavy (non-hydrogen) atoms. The first-order valence-corrected chi connectivity index (χ1v) is 23.3. The van der Waals surface area contributed by atoms with Crippen molar-refractivity contribution in [3.63, 3.8) is 0 Å². The fraction of sp³-hybridized carbons (Fsp3) is 0.884. The van der Waals surface area contributed by atoms with Crippen molar-refractivity contribution in [3.8, 4) is 0 Å². The monoisotopic (exact) mass is 758 g/mol. The minimum absolute atomic E-state index is 0.0951. The first kappa shape index (κ1) is 51.0. The van der Waals surface area contributed by atoms with Crippen molar-refractivity contribution in [2.24, 2.45) is 5.73 Å². The molecule has 0 saturated carbocycles. The van der Waals surface area contributed by atoms with Crippen molar-refractivity contribution < 1.29 is 32.8 Å². The number of carbonyl (C=O) groups excluding carboxylic acids is 1. The van der Waals surface area contributed by atoms with Gasteiger partial charge >= 0.3 is 13.8 Å². The van der Waals surface area contributed by atoms with Crippen LogP contribution in [0.1, 0.15) is 206 Å². The molecule has 0 aromatic rings. The third kappa shape index (κ3) is 40.2. The predicted octanol–water partition coefficient (Wildman–Crippen LogP) is 12.9. The van der Waals surface area contributed by atoms with E-state index >= 15 is 0 Å². The van der Waals surface area contributed by atoms with Crippen LogP contribution in [0.2, 0.25) is 0 Å². The minimum atomic E-state index is -4.27. The van der Waals surface area contributed by atoms with E-state index < -0.39 is 13.9 Å². The van der Waals surface area contributed by atoms with Crippen molar-refractivity contribution in [2.45, 2.75) is 213 Å². The maximum absolute atomic E-state index is 12.6. The molecule has 0 saturated heterocycles. The van der Waals surface area contributed by atoms with Gasteiger partial charge < -0.3 is 20.1 Å². The number of allylic oxidation sites excluding steroid dienone is 4. The molecule has 3 N–H and O–H groups in total. The quantitative estimate of drug-likeness (QED) is 0.0273. The molecule has 0 amide bonds. The second kappa shape index (κ2) is 41.1. The van der Waals surface area contributed by atoms with Crippen LogP contribution >= 0.6 is 7.82 Å². The molecule has 0 aliphatic carbocycles. The van der Waals surface area contributed by atoms with Crippen molar-refractivity contribution in [3.05, 3.63) is 24.3 Å². The zero-order valence-electron chi connectivity index (χ0n) is 34.1. The average Bonchev–Trinajstić information content (AvgIpc) is 3.13. The van der Waals surface area contributed by atoms with Gasteiger partial charge in [-0.15, -0.1) is 0 Å². The second-order valence-corrected chi connectivity index (χ2v) is 16.0. The lowest BCUT2D eigenvalue weighted by atomic mass is 10.0. The molecule has 2 unspecified atom stereocenters. The van der Waals surface area contributed by atoms with Gasteiger partial charge in [-0.1, -0.05) is 179 Å². The number of unbranched alkanes of at least 4 members (excludes halogenated alkanes) is 25. The Balaban J connectivity index is 4.02. The van der Waals surface area contributed by atoms with Crippen LogP contribution in [0.3, 0.4) is 0 Å². The molecule has 0 radical (unpaired) electrons. The molecular weight excluding hydrogens is 673 g/mol. The van der Waals surface area contributed by atoms with Gasteiger partial charge in [0.25, 0.3) is 0 Å². The van der Waals surface area contributed by atoms with E-state index in [1.54, 1.807) is 0 Å². The van der Waals surface area contributed by atoms with Gasteiger partial charge in [-0.05, 0) is 44.9 Å². The Morgan fingerprint density at radius 1 is 0.577 bits per heavy atom. The van der Waals surface area contributed by atoms with Crippen molar-refractivity contribution in [1.29, 1.82) is 0 Å². The number of hydrogen-bond donors (Lipinski definition) is 2. The Morgan fingerprint density at radius 3 is 1.52 bits per heavy atom. The molecule has 9 heteroatoms. The van der Waals surface area contributed by atoms with Crippen LogP contribution in [-0.2, 0) is 27.9 Å². The van der Waals surface area contributed by atoms with E-state index in [4.69, 9.17) is 24.3 Å². The highest BCUT2D eigenvalue weighted by molar-refractivity contribution is 7.47. The third-order valence-electron chi connectivity index (χ3n) is 9.37. The molecular formula is C43H84NO7P. The molecule has 0 spiro atoms. The summed E-state index contributed by atoms with van der Waals surface area (Å²) in [5.74, 6) is -0.335. The fourth-order valence-corrected chi connectivity index (χ4v) is 6.91. The standard InChI is InChI=1S/C43H84NO7P/c1-3-5-7-9-11-13-15-17-19-20-21-22-24-26-28-30-32-34-36-43(45)51-42(41-50-52(46,47)49-39-37-44)40-48-38-35-33-31-29-27-25-23-18-16-14-12-10-8-6-4-2/h13,15,19-20,42H,3-12,14,16-18,21-41,44H2,1-2H3,(H,46,47)/b15-13-,20-19-. The summed E-state index contributed by atoms with van der Waals surface area (Å²) in [7, 11) is -4.27. The summed E-state index contributed by atoms with van der Waals surface area (Å²) in [4.78, 5) is 22.5. The van der Waals surface area contributed by atoms with Gasteiger partial charge in [-0.2, -0.15) is 0 Å². The molecule has 0 fully saturated rings. The lowest BCUT2D eigenvalue weighted by Crippen LogP contribution is -2.28. The topological polar surface area (TPSA) is 117 Å². The van der Waals surface area contributed by atoms with Crippen LogP contribution < -0.4 is 5.73 Å². The summed E-state index contributed by atoms with van der Waals surface area (Å²) in [6, 6.07) is 0. The number of phosphoric acid groups is 1. The Bertz CT molecular complexity index is 853. The lowest BCUT2D eigenvalue weighted by molar-refractivity contribution is -0.154. The van der Waals surface area contributed by atoms with Gasteiger partial charge in [-0.25, -0.2) is 4.57 Å². The predicted molar refractivity (Wildman–Crippen MR) is 220 cm³/mol. The Kier molecular flexibility index (Phi) is 40.3. The zero-order valence-corrected chi connectivity index (χ0v) is 35.0. The number of esters is 1. The van der Waals surface area contributed by atoms with Gasteiger partial charge in [0, 0.05) is 19.6 Å². The fourth-order valence-electron chi connectivity index (χ4n) is 6.14. The van der Waals surface area contributed by atoms with E-state index in [0.717, 1.165) is 44.9 Å². The molecule has 0 aromatic heterocycles. The van der Waals surface area contributed by atoms with Crippen molar-refractivity contribution in [2.75, 3.05) is 33.0 Å². The molecule has 0 aliphatic heterocycles. The number of ether oxygens (including phenoxy) is 2. The smallest absolute Gasteiger partial charge is 0.457 e. The summed E-state index contributed by atoms with van der Waals surface area (Å²) < 4.78 is 33.4. The molecule has 0 heterocycles. The van der Waals surface area contributed by atoms with E-state index in [2.05, 4.69) is 38.2 Å². The zero-order chi connectivity index (χ0) is 38.1. The molecule has 0 aliphatic rings. The first-order chi connectivity index (χ1) is 25.4. The van der Waals surface area contributed by atoms with Gasteiger partial charge in [0.15, 0.2) is 0 Å². The van der Waals surface area contributed by atoms with Gasteiger partial charge in [0.1, 0.15) is 6.10 Å². The number of hydrogen-bond acceptors (Lipinski definition) is 7. The second-order valence-electron chi connectivity index (χ2n) is 14.6. The molecule has 0 bridgehead atoms. The molecule has 2 atom stereocenters. The van der Waals surface area contributed by atoms with E-state index in [0.29, 0.717) is 13.0 Å². The average molecular weight is 758 g/mol. The maximum Gasteiger partial charge on any atom is 0.472 e. The number of phosphoric ester groups is 1. The van der Waals surface area contributed by atoms with Crippen LogP contribution in [-0.4, -0.2) is 49.9 Å². The van der Waals surface area contributed by atoms with Gasteiger partial charge in [-0.3, -0.25) is 13.8 Å². The van der Waals surface area contributed by atoms with Crippen LogP contribution in [0.5, 0.6) is 0 Å². The maximum atomic E-state index is 12.6. The van der Waals surface area contributed by atoms with Crippen molar-refractivity contribution >= 4 is 13.8 Å². The van der Waals surface area contributed by atoms with Crippen LogP contribution in [0.4, 0.5) is 0 Å². The van der Waals surface area contributed by atoms with E-state index in [1.165, 1.54) is 141 Å². The Labute approximate surface area is 321 Å². The number of nitrogens with two attached hydrogens (primary N) is 1. The molecule has 308 valence electrons. The summed E-state index contributed by atoms with van der Waals surface area (Å²) in [5, 5.41) is 0. The van der Waals surface area contributed by atoms with E-state index in [-0.39, 0.29) is 32.3 Å². The van der Waals surface area contributed by atoms with Crippen LogP contribution in [0.25, 0.3) is 0 Å². The highest BCUT2D eigenvalue weighted by Gasteiger charge is 2.25. The Hall–Kier alpha value is -1.02. The molecule has 0 rings (SSSR count). The van der Waals surface area contributed by atoms with E-state index in [1.807, 2.05) is 0 Å². The summed E-state index contributed by atoms with van der Waals surface area (Å²) in [6.07, 6.45) is 44.7. The highest BCUT2D eigenvalue weighted by atomic mass is 31.2. The van der Waals surface area contributed by atoms with Gasteiger partial charge in [0.2, 0.25) is 0 Å².